The molecule has 1 N–H and O–H groups in total. The molecular weight excluding hydrogens is 328 g/mol. The van der Waals surface area contributed by atoms with E-state index in [1.165, 1.54) is 12.1 Å². The minimum atomic E-state index is -3.32. The fourth-order valence-corrected chi connectivity index (χ4v) is 3.53. The number of ether oxygens (including phenoxy) is 1. The van der Waals surface area contributed by atoms with Crippen LogP contribution in [0, 0.1) is 5.92 Å². The summed E-state index contributed by atoms with van der Waals surface area (Å²) in [6.45, 7) is 7.96. The van der Waals surface area contributed by atoms with Gasteiger partial charge in [0, 0.05) is 37.5 Å². The van der Waals surface area contributed by atoms with Crippen LogP contribution < -0.4 is 5.32 Å². The lowest BCUT2D eigenvalue weighted by Crippen LogP contribution is -2.51. The summed E-state index contributed by atoms with van der Waals surface area (Å²) in [5.74, 6) is 0.144. The standard InChI is InChI=1S/C17H26N2O4S/c1-13(2)16(19-7-9-23-10-8-19)12-18-17(20)14-5-4-6-15(11-14)24(3,21)22/h4-6,11,13,16H,7-10,12H2,1-3H3,(H,18,20). The molecular formula is C17H26N2O4S. The largest absolute Gasteiger partial charge is 0.379 e. The topological polar surface area (TPSA) is 75.7 Å². The summed E-state index contributed by atoms with van der Waals surface area (Å²) in [6.07, 6.45) is 1.14. The number of nitrogens with one attached hydrogen (secondary N) is 1. The smallest absolute Gasteiger partial charge is 0.251 e. The van der Waals surface area contributed by atoms with Gasteiger partial charge in [0.1, 0.15) is 0 Å². The molecule has 1 fully saturated rings. The zero-order valence-corrected chi connectivity index (χ0v) is 15.3. The van der Waals surface area contributed by atoms with Gasteiger partial charge in [0.2, 0.25) is 0 Å². The maximum atomic E-state index is 12.4. The molecule has 1 atom stereocenters. The molecule has 1 saturated heterocycles. The molecule has 1 heterocycles. The number of hydrogen-bond donors (Lipinski definition) is 1. The Labute approximate surface area is 144 Å². The predicted octanol–water partition coefficient (Wildman–Crippen LogP) is 1.18. The number of rotatable bonds is 6. The highest BCUT2D eigenvalue weighted by Gasteiger charge is 2.24. The third-order valence-electron chi connectivity index (χ3n) is 4.28. The van der Waals surface area contributed by atoms with E-state index in [1.807, 2.05) is 0 Å². The average molecular weight is 354 g/mol. The first-order valence-corrected chi connectivity index (χ1v) is 10.1. The first-order valence-electron chi connectivity index (χ1n) is 8.19. The second-order valence-corrected chi connectivity index (χ2v) is 8.49. The first kappa shape index (κ1) is 18.9. The molecule has 1 aromatic rings. The minimum absolute atomic E-state index is 0.156. The highest BCUT2D eigenvalue weighted by atomic mass is 32.2. The van der Waals surface area contributed by atoms with Gasteiger partial charge in [0.15, 0.2) is 9.84 Å². The highest BCUT2D eigenvalue weighted by molar-refractivity contribution is 7.90. The molecule has 1 aromatic carbocycles. The summed E-state index contributed by atoms with van der Waals surface area (Å²) < 4.78 is 28.6. The third-order valence-corrected chi connectivity index (χ3v) is 5.39. The van der Waals surface area contributed by atoms with Crippen molar-refractivity contribution < 1.29 is 17.9 Å². The zero-order chi connectivity index (χ0) is 17.7. The second-order valence-electron chi connectivity index (χ2n) is 6.47. The van der Waals surface area contributed by atoms with Crippen molar-refractivity contribution in [2.45, 2.75) is 24.8 Å². The Morgan fingerprint density at radius 2 is 1.96 bits per heavy atom. The molecule has 0 aliphatic carbocycles. The van der Waals surface area contributed by atoms with E-state index in [0.29, 0.717) is 31.2 Å². The Kier molecular flexibility index (Phi) is 6.37. The molecule has 2 rings (SSSR count). The fraction of sp³-hybridized carbons (Fsp3) is 0.588. The number of morpholine rings is 1. The average Bonchev–Trinajstić information content (AvgIpc) is 2.55. The number of amides is 1. The van der Waals surface area contributed by atoms with Crippen LogP contribution in [-0.4, -0.2) is 64.4 Å². The Bertz CT molecular complexity index is 667. The van der Waals surface area contributed by atoms with Crippen molar-refractivity contribution in [3.05, 3.63) is 29.8 Å². The molecule has 0 saturated carbocycles. The van der Waals surface area contributed by atoms with Crippen molar-refractivity contribution in [3.63, 3.8) is 0 Å². The van der Waals surface area contributed by atoms with Crippen LogP contribution in [0.3, 0.4) is 0 Å². The van der Waals surface area contributed by atoms with E-state index in [4.69, 9.17) is 4.74 Å². The Balaban J connectivity index is 2.03. The van der Waals surface area contributed by atoms with Gasteiger partial charge in [-0.1, -0.05) is 19.9 Å². The van der Waals surface area contributed by atoms with Gasteiger partial charge in [-0.25, -0.2) is 8.42 Å². The number of nitrogens with zero attached hydrogens (tertiary/aromatic N) is 1. The maximum Gasteiger partial charge on any atom is 0.251 e. The van der Waals surface area contributed by atoms with Gasteiger partial charge in [-0.2, -0.15) is 0 Å². The molecule has 24 heavy (non-hydrogen) atoms. The Morgan fingerprint density at radius 3 is 2.54 bits per heavy atom. The van der Waals surface area contributed by atoms with E-state index in [0.717, 1.165) is 19.3 Å². The molecule has 6 nitrogen and oxygen atoms in total. The second kappa shape index (κ2) is 8.09. The quantitative estimate of drug-likeness (QED) is 0.830. The van der Waals surface area contributed by atoms with E-state index in [2.05, 4.69) is 24.1 Å². The van der Waals surface area contributed by atoms with E-state index in [-0.39, 0.29) is 16.8 Å². The van der Waals surface area contributed by atoms with Crippen molar-refractivity contribution in [1.29, 1.82) is 0 Å². The van der Waals surface area contributed by atoms with Gasteiger partial charge in [-0.15, -0.1) is 0 Å². The monoisotopic (exact) mass is 354 g/mol. The van der Waals surface area contributed by atoms with Crippen LogP contribution in [0.1, 0.15) is 24.2 Å². The van der Waals surface area contributed by atoms with Crippen LogP contribution >= 0.6 is 0 Å². The lowest BCUT2D eigenvalue weighted by molar-refractivity contribution is 0.00672. The molecule has 1 amide bonds. The fourth-order valence-electron chi connectivity index (χ4n) is 2.86. The zero-order valence-electron chi connectivity index (χ0n) is 14.5. The first-order chi connectivity index (χ1) is 11.3. The van der Waals surface area contributed by atoms with Gasteiger partial charge in [0.05, 0.1) is 18.1 Å². The number of hydrogen-bond acceptors (Lipinski definition) is 5. The predicted molar refractivity (Wildman–Crippen MR) is 92.9 cm³/mol. The number of carbonyl (C=O) groups excluding carboxylic acids is 1. The van der Waals surface area contributed by atoms with Gasteiger partial charge < -0.3 is 10.1 Å². The minimum Gasteiger partial charge on any atom is -0.379 e. The molecule has 0 aromatic heterocycles. The van der Waals surface area contributed by atoms with E-state index in [1.54, 1.807) is 12.1 Å². The van der Waals surface area contributed by atoms with Crippen LogP contribution in [0.2, 0.25) is 0 Å². The molecule has 0 spiro atoms. The Morgan fingerprint density at radius 1 is 1.29 bits per heavy atom. The van der Waals surface area contributed by atoms with Crippen molar-refractivity contribution >= 4 is 15.7 Å². The van der Waals surface area contributed by atoms with Crippen LogP contribution in [0.15, 0.2) is 29.2 Å². The van der Waals surface area contributed by atoms with Crippen LogP contribution in [0.25, 0.3) is 0 Å². The van der Waals surface area contributed by atoms with Crippen LogP contribution in [0.5, 0.6) is 0 Å². The van der Waals surface area contributed by atoms with E-state index < -0.39 is 9.84 Å². The Hall–Kier alpha value is -1.44. The highest BCUT2D eigenvalue weighted by Crippen LogP contribution is 2.14. The summed E-state index contributed by atoms with van der Waals surface area (Å²) in [5, 5.41) is 2.94. The van der Waals surface area contributed by atoms with Gasteiger partial charge in [-0.05, 0) is 24.1 Å². The van der Waals surface area contributed by atoms with Crippen LogP contribution in [0.4, 0.5) is 0 Å². The molecule has 1 aliphatic heterocycles. The molecule has 0 radical (unpaired) electrons. The number of sulfone groups is 1. The SMILES string of the molecule is CC(C)C(CNC(=O)c1cccc(S(C)(=O)=O)c1)N1CCOCC1. The molecule has 7 heteroatoms. The summed E-state index contributed by atoms with van der Waals surface area (Å²) >= 11 is 0. The molecule has 134 valence electrons. The van der Waals surface area contributed by atoms with Crippen molar-refractivity contribution in [3.8, 4) is 0 Å². The number of carbonyl (C=O) groups is 1. The maximum absolute atomic E-state index is 12.4. The molecule has 1 unspecified atom stereocenters. The lowest BCUT2D eigenvalue weighted by atomic mass is 10.0. The van der Waals surface area contributed by atoms with E-state index in [9.17, 15) is 13.2 Å². The van der Waals surface area contributed by atoms with Crippen LogP contribution in [-0.2, 0) is 14.6 Å². The summed E-state index contributed by atoms with van der Waals surface area (Å²) in [5.41, 5.74) is 0.363. The summed E-state index contributed by atoms with van der Waals surface area (Å²) in [6, 6.07) is 6.37. The summed E-state index contributed by atoms with van der Waals surface area (Å²) in [7, 11) is -3.32. The van der Waals surface area contributed by atoms with E-state index >= 15 is 0 Å². The van der Waals surface area contributed by atoms with Crippen molar-refractivity contribution in [2.24, 2.45) is 5.92 Å². The number of benzene rings is 1. The van der Waals surface area contributed by atoms with Gasteiger partial charge >= 0.3 is 0 Å². The van der Waals surface area contributed by atoms with Crippen molar-refractivity contribution in [2.75, 3.05) is 39.1 Å². The lowest BCUT2D eigenvalue weighted by Gasteiger charge is -2.36. The summed E-state index contributed by atoms with van der Waals surface area (Å²) in [4.78, 5) is 14.9. The normalized spacial score (nSPS) is 17.7. The molecule has 1 aliphatic rings. The van der Waals surface area contributed by atoms with Crippen molar-refractivity contribution in [1.82, 2.24) is 10.2 Å². The van der Waals surface area contributed by atoms with Gasteiger partial charge in [0.25, 0.3) is 5.91 Å². The van der Waals surface area contributed by atoms with Gasteiger partial charge in [-0.3, -0.25) is 9.69 Å². The third kappa shape index (κ3) is 5.03. The molecule has 0 bridgehead atoms.